The molecular weight excluding hydrogens is 460 g/mol. The number of rotatable bonds is 7. The van der Waals surface area contributed by atoms with E-state index in [2.05, 4.69) is 15.5 Å². The molecule has 0 saturated carbocycles. The predicted molar refractivity (Wildman–Crippen MR) is 127 cm³/mol. The predicted octanol–water partition coefficient (Wildman–Crippen LogP) is 4.18. The number of aryl methyl sites for hydroxylation is 1. The van der Waals surface area contributed by atoms with Crippen molar-refractivity contribution in [3.63, 3.8) is 0 Å². The molecule has 34 heavy (non-hydrogen) atoms. The van der Waals surface area contributed by atoms with E-state index in [-0.39, 0.29) is 18.0 Å². The fraction of sp³-hybridized carbons (Fsp3) is 0.167. The van der Waals surface area contributed by atoms with E-state index in [1.807, 2.05) is 19.1 Å². The molecule has 0 spiro atoms. The first kappa shape index (κ1) is 23.1. The highest BCUT2D eigenvalue weighted by Gasteiger charge is 2.15. The number of nitrogens with zero attached hydrogens (tertiary/aromatic N) is 3. The van der Waals surface area contributed by atoms with E-state index >= 15 is 0 Å². The second-order valence-corrected chi connectivity index (χ2v) is 7.79. The number of amides is 1. The molecule has 4 rings (SSSR count). The maximum atomic E-state index is 12.7. The van der Waals surface area contributed by atoms with E-state index in [4.69, 9.17) is 25.6 Å². The molecule has 0 atom stereocenters. The summed E-state index contributed by atoms with van der Waals surface area (Å²) in [7, 11) is 3.07. The summed E-state index contributed by atoms with van der Waals surface area (Å²) in [5, 5.41) is 7.28. The molecule has 10 heteroatoms. The Hall–Kier alpha value is -4.11. The summed E-state index contributed by atoms with van der Waals surface area (Å²) < 4.78 is 17.1. The van der Waals surface area contributed by atoms with Crippen LogP contribution in [0.15, 0.2) is 64.0 Å². The van der Waals surface area contributed by atoms with Crippen LogP contribution in [0, 0.1) is 6.92 Å². The monoisotopic (exact) mass is 480 g/mol. The highest BCUT2D eigenvalue weighted by Crippen LogP contribution is 2.31. The molecule has 0 saturated heterocycles. The molecule has 9 nitrogen and oxygen atoms in total. The molecule has 0 aliphatic rings. The Morgan fingerprint density at radius 1 is 1.09 bits per heavy atom. The molecule has 0 unspecified atom stereocenters. The molecule has 2 aromatic carbocycles. The first-order valence-corrected chi connectivity index (χ1v) is 10.6. The molecule has 2 heterocycles. The van der Waals surface area contributed by atoms with Crippen molar-refractivity contribution >= 4 is 23.2 Å². The van der Waals surface area contributed by atoms with Gasteiger partial charge in [-0.3, -0.25) is 9.59 Å². The summed E-state index contributed by atoms with van der Waals surface area (Å²) in [4.78, 5) is 29.4. The van der Waals surface area contributed by atoms with Crippen LogP contribution in [0.1, 0.15) is 5.56 Å². The fourth-order valence-electron chi connectivity index (χ4n) is 3.25. The molecule has 174 valence electrons. The molecule has 2 aromatic heterocycles. The van der Waals surface area contributed by atoms with Crippen LogP contribution in [0.2, 0.25) is 5.02 Å². The van der Waals surface area contributed by atoms with Crippen LogP contribution in [0.3, 0.4) is 0 Å². The van der Waals surface area contributed by atoms with Crippen LogP contribution >= 0.6 is 11.6 Å². The highest BCUT2D eigenvalue weighted by molar-refractivity contribution is 6.31. The van der Waals surface area contributed by atoms with Crippen LogP contribution in [-0.4, -0.2) is 34.8 Å². The van der Waals surface area contributed by atoms with Crippen molar-refractivity contribution in [2.24, 2.45) is 0 Å². The Bertz CT molecular complexity index is 1400. The number of carbonyl (C=O) groups is 1. The molecule has 0 radical (unpaired) electrons. The van der Waals surface area contributed by atoms with Gasteiger partial charge in [0, 0.05) is 28.9 Å². The first-order chi connectivity index (χ1) is 16.4. The van der Waals surface area contributed by atoms with E-state index in [1.54, 1.807) is 37.4 Å². The Morgan fingerprint density at radius 3 is 2.53 bits per heavy atom. The summed E-state index contributed by atoms with van der Waals surface area (Å²) in [5.74, 6) is 1.32. The lowest BCUT2D eigenvalue weighted by molar-refractivity contribution is -0.116. The van der Waals surface area contributed by atoms with Crippen molar-refractivity contribution in [1.29, 1.82) is 0 Å². The lowest BCUT2D eigenvalue weighted by atomic mass is 10.2. The minimum atomic E-state index is -0.413. The van der Waals surface area contributed by atoms with E-state index < -0.39 is 5.91 Å². The van der Waals surface area contributed by atoms with Crippen molar-refractivity contribution in [2.75, 3.05) is 19.5 Å². The van der Waals surface area contributed by atoms with E-state index in [0.717, 1.165) is 11.1 Å². The first-order valence-electron chi connectivity index (χ1n) is 10.2. The third-order valence-electron chi connectivity index (χ3n) is 5.07. The van der Waals surface area contributed by atoms with Gasteiger partial charge in [-0.15, -0.1) is 0 Å². The van der Waals surface area contributed by atoms with Crippen molar-refractivity contribution in [1.82, 2.24) is 14.7 Å². The third kappa shape index (κ3) is 4.94. The number of hydrogen-bond donors (Lipinski definition) is 1. The second kappa shape index (κ2) is 9.80. The van der Waals surface area contributed by atoms with Gasteiger partial charge in [0.2, 0.25) is 11.7 Å². The minimum Gasteiger partial charge on any atom is -0.497 e. The highest BCUT2D eigenvalue weighted by atomic mass is 35.5. The Balaban J connectivity index is 1.54. The Labute approximate surface area is 199 Å². The summed E-state index contributed by atoms with van der Waals surface area (Å²) in [6.45, 7) is 1.59. The van der Waals surface area contributed by atoms with E-state index in [1.165, 1.54) is 23.9 Å². The molecule has 1 amide bonds. The number of nitrogens with one attached hydrogen (secondary N) is 1. The summed E-state index contributed by atoms with van der Waals surface area (Å²) in [6.07, 6.45) is 1.50. The standard InChI is InChI=1S/C24H21ClN4O5/c1-14-10-19(20(33-3)11-18(14)25)26-21(30)13-29-12-16(6-9-22(29)31)24-27-23(28-34-24)15-4-7-17(32-2)8-5-15/h4-12H,13H2,1-3H3,(H,26,30). The van der Waals surface area contributed by atoms with Crippen LogP contribution in [0.25, 0.3) is 22.8 Å². The Morgan fingerprint density at radius 2 is 1.82 bits per heavy atom. The molecule has 1 N–H and O–H groups in total. The van der Waals surface area contributed by atoms with Gasteiger partial charge in [0.25, 0.3) is 11.4 Å². The summed E-state index contributed by atoms with van der Waals surface area (Å²) in [5.41, 5.74) is 2.13. The van der Waals surface area contributed by atoms with Crippen LogP contribution in [-0.2, 0) is 11.3 Å². The van der Waals surface area contributed by atoms with E-state index in [0.29, 0.717) is 33.6 Å². The van der Waals surface area contributed by atoms with Crippen LogP contribution in [0.4, 0.5) is 5.69 Å². The van der Waals surface area contributed by atoms with Crippen molar-refractivity contribution in [3.05, 3.63) is 75.7 Å². The van der Waals surface area contributed by atoms with Crippen molar-refractivity contribution < 1.29 is 18.8 Å². The number of carbonyl (C=O) groups excluding carboxylic acids is 1. The van der Waals surface area contributed by atoms with Gasteiger partial charge in [-0.2, -0.15) is 4.98 Å². The van der Waals surface area contributed by atoms with Crippen LogP contribution < -0.4 is 20.3 Å². The maximum absolute atomic E-state index is 12.7. The molecule has 0 aliphatic carbocycles. The summed E-state index contributed by atoms with van der Waals surface area (Å²) >= 11 is 6.12. The fourth-order valence-corrected chi connectivity index (χ4v) is 3.41. The normalized spacial score (nSPS) is 10.7. The summed E-state index contributed by atoms with van der Waals surface area (Å²) in [6, 6.07) is 13.4. The zero-order valence-corrected chi connectivity index (χ0v) is 19.4. The lowest BCUT2D eigenvalue weighted by Gasteiger charge is -2.13. The minimum absolute atomic E-state index is 0.218. The second-order valence-electron chi connectivity index (χ2n) is 7.39. The zero-order valence-electron chi connectivity index (χ0n) is 18.7. The van der Waals surface area contributed by atoms with Gasteiger partial charge < -0.3 is 23.9 Å². The van der Waals surface area contributed by atoms with Crippen molar-refractivity contribution in [2.45, 2.75) is 13.5 Å². The van der Waals surface area contributed by atoms with Gasteiger partial charge in [0.1, 0.15) is 18.0 Å². The number of methoxy groups -OCH3 is 2. The number of pyridine rings is 1. The average molecular weight is 481 g/mol. The van der Waals surface area contributed by atoms with E-state index in [9.17, 15) is 9.59 Å². The molecule has 4 aromatic rings. The SMILES string of the molecule is COc1ccc(-c2noc(-c3ccc(=O)n(CC(=O)Nc4cc(C)c(Cl)cc4OC)c3)n2)cc1. The van der Waals surface area contributed by atoms with Gasteiger partial charge in [0.05, 0.1) is 25.5 Å². The van der Waals surface area contributed by atoms with Crippen LogP contribution in [0.5, 0.6) is 11.5 Å². The molecular formula is C24H21ClN4O5. The topological polar surface area (TPSA) is 108 Å². The number of ether oxygens (including phenoxy) is 2. The smallest absolute Gasteiger partial charge is 0.259 e. The maximum Gasteiger partial charge on any atom is 0.259 e. The number of aromatic nitrogens is 3. The van der Waals surface area contributed by atoms with Gasteiger partial charge in [-0.1, -0.05) is 16.8 Å². The Kier molecular flexibility index (Phi) is 6.65. The average Bonchev–Trinajstić information content (AvgIpc) is 3.33. The quantitative estimate of drug-likeness (QED) is 0.422. The molecule has 0 aliphatic heterocycles. The number of benzene rings is 2. The largest absolute Gasteiger partial charge is 0.497 e. The van der Waals surface area contributed by atoms with Gasteiger partial charge in [0.15, 0.2) is 0 Å². The number of hydrogen-bond acceptors (Lipinski definition) is 7. The number of anilines is 1. The zero-order chi connectivity index (χ0) is 24.2. The molecule has 0 bridgehead atoms. The lowest BCUT2D eigenvalue weighted by Crippen LogP contribution is -2.27. The van der Waals surface area contributed by atoms with Gasteiger partial charge in [-0.25, -0.2) is 0 Å². The molecule has 0 fully saturated rings. The third-order valence-corrected chi connectivity index (χ3v) is 5.48. The van der Waals surface area contributed by atoms with Gasteiger partial charge >= 0.3 is 0 Å². The van der Waals surface area contributed by atoms with Gasteiger partial charge in [-0.05, 0) is 48.9 Å². The number of halogens is 1. The van der Waals surface area contributed by atoms with Crippen molar-refractivity contribution in [3.8, 4) is 34.3 Å².